The van der Waals surface area contributed by atoms with Gasteiger partial charge in [0, 0.05) is 13.1 Å². The summed E-state index contributed by atoms with van der Waals surface area (Å²) in [6.45, 7) is 3.90. The molecule has 1 fully saturated rings. The number of rotatable bonds is 6. The summed E-state index contributed by atoms with van der Waals surface area (Å²) in [7, 11) is 4.10. The summed E-state index contributed by atoms with van der Waals surface area (Å²) >= 11 is 0. The lowest BCUT2D eigenvalue weighted by molar-refractivity contribution is 0.345. The molecule has 1 saturated carbocycles. The van der Waals surface area contributed by atoms with Crippen LogP contribution in [0.3, 0.4) is 0 Å². The van der Waals surface area contributed by atoms with E-state index < -0.39 is 0 Å². The third-order valence-corrected chi connectivity index (χ3v) is 2.71. The van der Waals surface area contributed by atoms with Gasteiger partial charge in [0.25, 0.3) is 0 Å². The van der Waals surface area contributed by atoms with Gasteiger partial charge in [-0.05, 0) is 33.4 Å². The van der Waals surface area contributed by atoms with E-state index in [1.807, 2.05) is 21.0 Å². The first-order valence-electron chi connectivity index (χ1n) is 5.37. The summed E-state index contributed by atoms with van der Waals surface area (Å²) in [6, 6.07) is 2.39. The average molecular weight is 195 g/mol. The second-order valence-corrected chi connectivity index (χ2v) is 4.82. The van der Waals surface area contributed by atoms with E-state index in [-0.39, 0.29) is 5.54 Å². The fourth-order valence-electron chi connectivity index (χ4n) is 1.61. The molecule has 1 unspecified atom stereocenters. The van der Waals surface area contributed by atoms with Crippen LogP contribution in [0.2, 0.25) is 0 Å². The summed E-state index contributed by atoms with van der Waals surface area (Å²) in [5.41, 5.74) is -0.308. The Labute approximate surface area is 87.1 Å². The van der Waals surface area contributed by atoms with Gasteiger partial charge in [0.1, 0.15) is 5.54 Å². The van der Waals surface area contributed by atoms with Crippen molar-refractivity contribution in [2.24, 2.45) is 5.92 Å². The van der Waals surface area contributed by atoms with Gasteiger partial charge in [0.2, 0.25) is 0 Å². The highest BCUT2D eigenvalue weighted by molar-refractivity contribution is 5.06. The number of nitrogens with zero attached hydrogens (tertiary/aromatic N) is 2. The monoisotopic (exact) mass is 195 g/mol. The van der Waals surface area contributed by atoms with Gasteiger partial charge >= 0.3 is 0 Å². The van der Waals surface area contributed by atoms with Crippen LogP contribution < -0.4 is 5.32 Å². The van der Waals surface area contributed by atoms with Crippen molar-refractivity contribution in [2.45, 2.75) is 31.7 Å². The second kappa shape index (κ2) is 4.77. The molecule has 0 spiro atoms. The van der Waals surface area contributed by atoms with Gasteiger partial charge in [-0.1, -0.05) is 12.8 Å². The van der Waals surface area contributed by atoms with Crippen molar-refractivity contribution < 1.29 is 0 Å². The molecule has 0 amide bonds. The van der Waals surface area contributed by atoms with Crippen LogP contribution in [0.5, 0.6) is 0 Å². The molecule has 1 rings (SSSR count). The Bertz CT molecular complexity index is 215. The van der Waals surface area contributed by atoms with Crippen LogP contribution in [0.25, 0.3) is 0 Å². The molecule has 1 aliphatic carbocycles. The molecule has 3 nitrogen and oxygen atoms in total. The minimum atomic E-state index is -0.308. The van der Waals surface area contributed by atoms with Gasteiger partial charge in [-0.15, -0.1) is 0 Å². The Kier molecular flexibility index (Phi) is 3.91. The molecule has 1 aliphatic rings. The highest BCUT2D eigenvalue weighted by atomic mass is 15.1. The number of likely N-dealkylation sites (N-methyl/N-ethyl adjacent to an activating group) is 1. The lowest BCUT2D eigenvalue weighted by atomic mass is 9.96. The third kappa shape index (κ3) is 4.08. The molecular weight excluding hydrogens is 174 g/mol. The van der Waals surface area contributed by atoms with E-state index >= 15 is 0 Å². The van der Waals surface area contributed by atoms with Crippen molar-refractivity contribution in [1.29, 1.82) is 5.26 Å². The van der Waals surface area contributed by atoms with Crippen molar-refractivity contribution in [2.75, 3.05) is 27.2 Å². The van der Waals surface area contributed by atoms with E-state index in [1.165, 1.54) is 12.8 Å². The van der Waals surface area contributed by atoms with Gasteiger partial charge in [-0.2, -0.15) is 5.26 Å². The van der Waals surface area contributed by atoms with Crippen LogP contribution >= 0.6 is 0 Å². The van der Waals surface area contributed by atoms with Gasteiger partial charge in [-0.25, -0.2) is 0 Å². The zero-order valence-electron chi connectivity index (χ0n) is 9.51. The molecule has 0 aromatic carbocycles. The first kappa shape index (κ1) is 11.5. The topological polar surface area (TPSA) is 39.1 Å². The van der Waals surface area contributed by atoms with Crippen molar-refractivity contribution in [1.82, 2.24) is 10.2 Å². The largest absolute Gasteiger partial charge is 0.308 e. The van der Waals surface area contributed by atoms with Crippen molar-refractivity contribution in [3.05, 3.63) is 0 Å². The Morgan fingerprint density at radius 3 is 2.57 bits per heavy atom. The van der Waals surface area contributed by atoms with Gasteiger partial charge in [0.05, 0.1) is 6.07 Å². The first-order chi connectivity index (χ1) is 6.56. The normalized spacial score (nSPS) is 20.5. The Hall–Kier alpha value is -0.590. The highest BCUT2D eigenvalue weighted by Crippen LogP contribution is 2.36. The minimum Gasteiger partial charge on any atom is -0.308 e. The van der Waals surface area contributed by atoms with E-state index in [4.69, 9.17) is 5.26 Å². The number of nitriles is 1. The smallest absolute Gasteiger partial charge is 0.104 e. The Morgan fingerprint density at radius 1 is 1.50 bits per heavy atom. The molecule has 1 atom stereocenters. The van der Waals surface area contributed by atoms with Crippen molar-refractivity contribution >= 4 is 0 Å². The summed E-state index contributed by atoms with van der Waals surface area (Å²) in [4.78, 5) is 2.13. The molecule has 0 radical (unpaired) electrons. The fourth-order valence-corrected chi connectivity index (χ4v) is 1.61. The van der Waals surface area contributed by atoms with E-state index in [0.717, 1.165) is 25.4 Å². The van der Waals surface area contributed by atoms with Crippen LogP contribution in [0, 0.1) is 17.2 Å². The van der Waals surface area contributed by atoms with E-state index in [2.05, 4.69) is 16.3 Å². The summed E-state index contributed by atoms with van der Waals surface area (Å²) in [5.74, 6) is 0.798. The van der Waals surface area contributed by atoms with Crippen LogP contribution in [0.1, 0.15) is 26.2 Å². The molecule has 80 valence electrons. The molecule has 14 heavy (non-hydrogen) atoms. The summed E-state index contributed by atoms with van der Waals surface area (Å²) in [6.07, 6.45) is 3.64. The molecule has 0 aliphatic heterocycles. The molecule has 0 heterocycles. The SMILES string of the molecule is CN(C)CCNC(C)(C#N)CC1CC1. The average Bonchev–Trinajstić information content (AvgIpc) is 2.87. The predicted molar refractivity (Wildman–Crippen MR) is 57.9 cm³/mol. The molecule has 0 saturated heterocycles. The maximum atomic E-state index is 9.10. The van der Waals surface area contributed by atoms with Crippen molar-refractivity contribution in [3.63, 3.8) is 0 Å². The highest BCUT2D eigenvalue weighted by Gasteiger charge is 2.32. The lowest BCUT2D eigenvalue weighted by Crippen LogP contribution is -2.44. The van der Waals surface area contributed by atoms with Gasteiger partial charge in [-0.3, -0.25) is 5.32 Å². The van der Waals surface area contributed by atoms with E-state index in [9.17, 15) is 0 Å². The van der Waals surface area contributed by atoms with Crippen molar-refractivity contribution in [3.8, 4) is 6.07 Å². The van der Waals surface area contributed by atoms with Gasteiger partial charge < -0.3 is 4.90 Å². The quantitative estimate of drug-likeness (QED) is 0.692. The number of hydrogen-bond acceptors (Lipinski definition) is 3. The minimum absolute atomic E-state index is 0.308. The molecule has 0 aromatic heterocycles. The lowest BCUT2D eigenvalue weighted by Gasteiger charge is -2.24. The number of nitrogens with one attached hydrogen (secondary N) is 1. The predicted octanol–water partition coefficient (Wildman–Crippen LogP) is 1.22. The fraction of sp³-hybridized carbons (Fsp3) is 0.909. The zero-order chi connectivity index (χ0) is 10.6. The maximum absolute atomic E-state index is 9.10. The molecular formula is C11H21N3. The third-order valence-electron chi connectivity index (χ3n) is 2.71. The molecule has 1 N–H and O–H groups in total. The summed E-state index contributed by atoms with van der Waals surface area (Å²) in [5, 5.41) is 12.4. The number of hydrogen-bond donors (Lipinski definition) is 1. The molecule has 0 bridgehead atoms. The Balaban J connectivity index is 2.25. The molecule has 0 aromatic rings. The van der Waals surface area contributed by atoms with Crippen LogP contribution in [-0.4, -0.2) is 37.6 Å². The van der Waals surface area contributed by atoms with E-state index in [1.54, 1.807) is 0 Å². The molecule has 3 heteroatoms. The standard InChI is InChI=1S/C11H21N3/c1-11(9-12,8-10-4-5-10)13-6-7-14(2)3/h10,13H,4-8H2,1-3H3. The Morgan fingerprint density at radius 2 is 2.14 bits per heavy atom. The van der Waals surface area contributed by atoms with E-state index in [0.29, 0.717) is 0 Å². The maximum Gasteiger partial charge on any atom is 0.104 e. The van der Waals surface area contributed by atoms with Crippen LogP contribution in [0.4, 0.5) is 0 Å². The first-order valence-corrected chi connectivity index (χ1v) is 5.37. The second-order valence-electron chi connectivity index (χ2n) is 4.82. The summed E-state index contributed by atoms with van der Waals surface area (Å²) < 4.78 is 0. The van der Waals surface area contributed by atoms with Crippen LogP contribution in [0.15, 0.2) is 0 Å². The van der Waals surface area contributed by atoms with Crippen LogP contribution in [-0.2, 0) is 0 Å². The van der Waals surface area contributed by atoms with Gasteiger partial charge in [0.15, 0.2) is 0 Å². The zero-order valence-corrected chi connectivity index (χ0v) is 9.51.